The first-order valence-electron chi connectivity index (χ1n) is 6.04. The lowest BCUT2D eigenvalue weighted by atomic mass is 10.2. The Balaban J connectivity index is 2.57. The van der Waals surface area contributed by atoms with Crippen LogP contribution in [0, 0.1) is 0 Å². The van der Waals surface area contributed by atoms with E-state index in [2.05, 4.69) is 10.6 Å². The molecule has 7 heteroatoms. The van der Waals surface area contributed by atoms with E-state index >= 15 is 0 Å². The number of carboxylic acids is 1. The fourth-order valence-electron chi connectivity index (χ4n) is 2.09. The molecule has 1 rings (SSSR count). The molecule has 1 aliphatic rings. The minimum Gasteiger partial charge on any atom is -0.480 e. The molecule has 0 aromatic carbocycles. The molecule has 1 aliphatic heterocycles. The Morgan fingerprint density at radius 3 is 2.67 bits per heavy atom. The topological polar surface area (TPSA) is 98.7 Å². The van der Waals surface area contributed by atoms with Gasteiger partial charge >= 0.3 is 12.0 Å². The van der Waals surface area contributed by atoms with Crippen LogP contribution in [0.3, 0.4) is 0 Å². The van der Waals surface area contributed by atoms with Crippen molar-refractivity contribution in [1.29, 1.82) is 0 Å². The quantitative estimate of drug-likeness (QED) is 0.646. The number of aliphatic carboxylic acids is 1. The van der Waals surface area contributed by atoms with Gasteiger partial charge in [-0.3, -0.25) is 19.8 Å². The smallest absolute Gasteiger partial charge is 0.321 e. The van der Waals surface area contributed by atoms with Gasteiger partial charge in [0.1, 0.15) is 6.04 Å². The zero-order valence-electron chi connectivity index (χ0n) is 10.6. The maximum Gasteiger partial charge on any atom is 0.321 e. The van der Waals surface area contributed by atoms with Gasteiger partial charge in [0, 0.05) is 6.54 Å². The molecule has 7 nitrogen and oxygen atoms in total. The van der Waals surface area contributed by atoms with Gasteiger partial charge in [0.25, 0.3) is 0 Å². The van der Waals surface area contributed by atoms with Crippen molar-refractivity contribution in [2.45, 2.75) is 38.8 Å². The van der Waals surface area contributed by atoms with Crippen LogP contribution >= 0.6 is 0 Å². The summed E-state index contributed by atoms with van der Waals surface area (Å²) >= 11 is 0. The molecule has 0 aliphatic carbocycles. The molecule has 18 heavy (non-hydrogen) atoms. The van der Waals surface area contributed by atoms with Crippen molar-refractivity contribution >= 4 is 17.9 Å². The van der Waals surface area contributed by atoms with Gasteiger partial charge < -0.3 is 10.4 Å². The number of urea groups is 1. The first-order chi connectivity index (χ1) is 8.47. The van der Waals surface area contributed by atoms with E-state index in [-0.39, 0.29) is 0 Å². The molecule has 102 valence electrons. The Morgan fingerprint density at radius 1 is 1.44 bits per heavy atom. The predicted octanol–water partition coefficient (Wildman–Crippen LogP) is -0.230. The van der Waals surface area contributed by atoms with Crippen LogP contribution in [0.15, 0.2) is 0 Å². The van der Waals surface area contributed by atoms with E-state index < -0.39 is 30.0 Å². The third-order valence-corrected chi connectivity index (χ3v) is 3.03. The summed E-state index contributed by atoms with van der Waals surface area (Å²) in [6.07, 6.45) is 1.28. The highest BCUT2D eigenvalue weighted by molar-refractivity contribution is 5.97. The summed E-state index contributed by atoms with van der Waals surface area (Å²) in [6, 6.07) is -1.82. The number of amides is 3. The molecular formula is C11H19N3O4. The molecule has 1 heterocycles. The molecule has 2 unspecified atom stereocenters. The molecule has 0 saturated carbocycles. The molecule has 3 N–H and O–H groups in total. The summed E-state index contributed by atoms with van der Waals surface area (Å²) in [5.41, 5.74) is 0. The summed E-state index contributed by atoms with van der Waals surface area (Å²) in [5, 5.41) is 13.7. The van der Waals surface area contributed by atoms with Crippen molar-refractivity contribution in [3.63, 3.8) is 0 Å². The number of rotatable bonds is 4. The number of carbonyl (C=O) groups excluding carboxylic acids is 2. The minimum absolute atomic E-state index is 0.426. The Kier molecular flexibility index (Phi) is 5.08. The summed E-state index contributed by atoms with van der Waals surface area (Å²) in [7, 11) is 0. The van der Waals surface area contributed by atoms with E-state index in [0.29, 0.717) is 19.5 Å². The molecule has 3 amide bonds. The number of likely N-dealkylation sites (tertiary alicyclic amines) is 1. The van der Waals surface area contributed by atoms with Crippen LogP contribution in [0.5, 0.6) is 0 Å². The molecule has 0 bridgehead atoms. The van der Waals surface area contributed by atoms with Crippen molar-refractivity contribution in [3.8, 4) is 0 Å². The maximum atomic E-state index is 11.8. The lowest BCUT2D eigenvalue weighted by molar-refractivity contribution is -0.143. The first kappa shape index (κ1) is 14.4. The van der Waals surface area contributed by atoms with Crippen LogP contribution in [0.25, 0.3) is 0 Å². The number of nitrogens with one attached hydrogen (secondary N) is 2. The molecule has 1 saturated heterocycles. The third kappa shape index (κ3) is 3.43. The summed E-state index contributed by atoms with van der Waals surface area (Å²) < 4.78 is 0. The van der Waals surface area contributed by atoms with E-state index in [1.54, 1.807) is 18.7 Å². The van der Waals surface area contributed by atoms with Crippen LogP contribution in [0.4, 0.5) is 4.79 Å². The lowest BCUT2D eigenvalue weighted by Crippen LogP contribution is -2.52. The van der Waals surface area contributed by atoms with Crippen molar-refractivity contribution in [1.82, 2.24) is 15.5 Å². The fourth-order valence-corrected chi connectivity index (χ4v) is 2.09. The molecule has 2 atom stereocenters. The average molecular weight is 257 g/mol. The van der Waals surface area contributed by atoms with Gasteiger partial charge in [0.2, 0.25) is 5.91 Å². The van der Waals surface area contributed by atoms with Crippen molar-refractivity contribution in [2.24, 2.45) is 0 Å². The summed E-state index contributed by atoms with van der Waals surface area (Å²) in [6.45, 7) is 4.33. The predicted molar refractivity (Wildman–Crippen MR) is 64.0 cm³/mol. The second-order valence-electron chi connectivity index (χ2n) is 4.26. The van der Waals surface area contributed by atoms with Gasteiger partial charge in [-0.15, -0.1) is 0 Å². The zero-order valence-corrected chi connectivity index (χ0v) is 10.6. The van der Waals surface area contributed by atoms with Crippen LogP contribution in [0.1, 0.15) is 26.7 Å². The lowest BCUT2D eigenvalue weighted by Gasteiger charge is -2.26. The van der Waals surface area contributed by atoms with Crippen LogP contribution in [0.2, 0.25) is 0 Å². The monoisotopic (exact) mass is 257 g/mol. The Bertz CT molecular complexity index is 345. The van der Waals surface area contributed by atoms with E-state index in [9.17, 15) is 14.4 Å². The number of hydrogen-bond donors (Lipinski definition) is 3. The van der Waals surface area contributed by atoms with E-state index in [0.717, 1.165) is 6.42 Å². The number of carbonyl (C=O) groups is 3. The minimum atomic E-state index is -0.926. The normalized spacial score (nSPS) is 21.3. The van der Waals surface area contributed by atoms with Crippen LogP contribution < -0.4 is 10.6 Å². The second kappa shape index (κ2) is 6.34. The fraction of sp³-hybridized carbons (Fsp3) is 0.727. The van der Waals surface area contributed by atoms with Crippen LogP contribution in [-0.2, 0) is 9.59 Å². The highest BCUT2D eigenvalue weighted by Gasteiger charge is 2.36. The van der Waals surface area contributed by atoms with Gasteiger partial charge in [0.15, 0.2) is 0 Å². The number of imide groups is 1. The maximum absolute atomic E-state index is 11.8. The van der Waals surface area contributed by atoms with Crippen molar-refractivity contribution in [2.75, 3.05) is 13.1 Å². The second-order valence-corrected chi connectivity index (χ2v) is 4.26. The van der Waals surface area contributed by atoms with Gasteiger partial charge in [0.05, 0.1) is 6.04 Å². The van der Waals surface area contributed by atoms with Gasteiger partial charge in [-0.05, 0) is 33.2 Å². The largest absolute Gasteiger partial charge is 0.480 e. The molecule has 0 spiro atoms. The highest BCUT2D eigenvalue weighted by atomic mass is 16.4. The number of hydrogen-bond acceptors (Lipinski definition) is 4. The zero-order chi connectivity index (χ0) is 13.7. The standard InChI is InChI=1S/C11H19N3O4/c1-3-12-11(18)13-9(15)7(2)14-6-4-5-8(14)10(16)17/h7-8H,3-6H2,1-2H3,(H,16,17)(H2,12,13,15,18). The Hall–Kier alpha value is -1.63. The van der Waals surface area contributed by atoms with Gasteiger partial charge in [-0.1, -0.05) is 0 Å². The Morgan fingerprint density at radius 2 is 2.11 bits per heavy atom. The Labute approximate surface area is 106 Å². The van der Waals surface area contributed by atoms with Gasteiger partial charge in [-0.25, -0.2) is 4.79 Å². The van der Waals surface area contributed by atoms with E-state index in [1.807, 2.05) is 0 Å². The van der Waals surface area contributed by atoms with E-state index in [1.165, 1.54) is 0 Å². The van der Waals surface area contributed by atoms with Crippen molar-refractivity contribution < 1.29 is 19.5 Å². The molecule has 0 radical (unpaired) electrons. The molecular weight excluding hydrogens is 238 g/mol. The number of carboxylic acid groups (broad SMARTS) is 1. The molecule has 0 aromatic rings. The van der Waals surface area contributed by atoms with Gasteiger partial charge in [-0.2, -0.15) is 0 Å². The first-order valence-corrected chi connectivity index (χ1v) is 6.04. The average Bonchev–Trinajstić information content (AvgIpc) is 2.76. The molecule has 1 fully saturated rings. The highest BCUT2D eigenvalue weighted by Crippen LogP contribution is 2.20. The molecule has 0 aromatic heterocycles. The van der Waals surface area contributed by atoms with E-state index in [4.69, 9.17) is 5.11 Å². The summed E-state index contributed by atoms with van der Waals surface area (Å²) in [4.78, 5) is 35.6. The summed E-state index contributed by atoms with van der Waals surface area (Å²) in [5.74, 6) is -1.40. The van der Waals surface area contributed by atoms with Crippen molar-refractivity contribution in [3.05, 3.63) is 0 Å². The SMILES string of the molecule is CCNC(=O)NC(=O)C(C)N1CCCC1C(=O)O. The van der Waals surface area contributed by atoms with Crippen LogP contribution in [-0.4, -0.2) is 53.1 Å². The number of nitrogens with zero attached hydrogens (tertiary/aromatic N) is 1. The third-order valence-electron chi connectivity index (χ3n) is 3.03.